The number of nitrogens with zero attached hydrogens (tertiary/aromatic N) is 4. The Morgan fingerprint density at radius 2 is 2.04 bits per heavy atom. The maximum Gasteiger partial charge on any atom is 0.330 e. The van der Waals surface area contributed by atoms with E-state index in [-0.39, 0.29) is 18.1 Å². The maximum atomic E-state index is 13.2. The van der Waals surface area contributed by atoms with Crippen LogP contribution >= 0.6 is 0 Å². The van der Waals surface area contributed by atoms with Gasteiger partial charge in [0.2, 0.25) is 5.91 Å². The SMILES string of the molecule is COCCn1c(=O)n(CC(=O)N2CCCC3CCCCC32)c2cccnc21. The number of likely N-dealkylation sites (tertiary alicyclic amines) is 1. The first kappa shape index (κ1) is 18.2. The van der Waals surface area contributed by atoms with Crippen molar-refractivity contribution in [1.29, 1.82) is 0 Å². The first-order chi connectivity index (χ1) is 13.2. The number of amides is 1. The number of carbonyl (C=O) groups excluding carboxylic acids is 1. The summed E-state index contributed by atoms with van der Waals surface area (Å²) in [5.74, 6) is 0.696. The summed E-state index contributed by atoms with van der Waals surface area (Å²) in [5.41, 5.74) is 1.14. The fourth-order valence-electron chi connectivity index (χ4n) is 4.84. The molecule has 1 aliphatic heterocycles. The number of aromatic nitrogens is 3. The molecule has 2 atom stereocenters. The molecule has 2 aromatic heterocycles. The van der Waals surface area contributed by atoms with Gasteiger partial charge >= 0.3 is 5.69 Å². The number of fused-ring (bicyclic) bond motifs is 2. The van der Waals surface area contributed by atoms with Gasteiger partial charge in [0, 0.05) is 25.9 Å². The molecule has 2 unspecified atom stereocenters. The monoisotopic (exact) mass is 372 g/mol. The number of carbonyl (C=O) groups is 1. The molecule has 3 heterocycles. The van der Waals surface area contributed by atoms with Crippen LogP contribution < -0.4 is 5.69 Å². The van der Waals surface area contributed by atoms with Crippen molar-refractivity contribution in [2.24, 2.45) is 5.92 Å². The van der Waals surface area contributed by atoms with E-state index in [2.05, 4.69) is 9.88 Å². The molecule has 146 valence electrons. The molecule has 1 amide bonds. The molecule has 27 heavy (non-hydrogen) atoms. The number of imidazole rings is 1. The molecular weight excluding hydrogens is 344 g/mol. The van der Waals surface area contributed by atoms with Crippen molar-refractivity contribution in [3.8, 4) is 0 Å². The zero-order valence-corrected chi connectivity index (χ0v) is 16.0. The molecule has 0 N–H and O–H groups in total. The average molecular weight is 372 g/mol. The first-order valence-corrected chi connectivity index (χ1v) is 10.0. The lowest BCUT2D eigenvalue weighted by atomic mass is 9.78. The Balaban J connectivity index is 1.62. The van der Waals surface area contributed by atoms with Crippen molar-refractivity contribution in [3.63, 3.8) is 0 Å². The summed E-state index contributed by atoms with van der Waals surface area (Å²) in [6.07, 6.45) is 8.78. The van der Waals surface area contributed by atoms with Gasteiger partial charge in [0.25, 0.3) is 0 Å². The molecule has 7 heteroatoms. The third-order valence-electron chi connectivity index (χ3n) is 6.15. The standard InChI is InChI=1S/C20H28N4O3/c1-27-13-12-23-19-17(9-4-10-21-19)24(20(23)26)14-18(25)22-11-5-7-15-6-2-3-8-16(15)22/h4,9-10,15-16H,2-3,5-8,11-14H2,1H3. The highest BCUT2D eigenvalue weighted by atomic mass is 16.5. The summed E-state index contributed by atoms with van der Waals surface area (Å²) in [7, 11) is 1.61. The van der Waals surface area contributed by atoms with Crippen LogP contribution in [0.15, 0.2) is 23.1 Å². The number of hydrogen-bond acceptors (Lipinski definition) is 4. The van der Waals surface area contributed by atoms with E-state index in [0.717, 1.165) is 19.4 Å². The zero-order valence-electron chi connectivity index (χ0n) is 16.0. The molecule has 0 spiro atoms. The highest BCUT2D eigenvalue weighted by molar-refractivity contribution is 5.79. The Bertz CT molecular complexity index is 870. The third kappa shape index (κ3) is 3.40. The first-order valence-electron chi connectivity index (χ1n) is 10.0. The fraction of sp³-hybridized carbons (Fsp3) is 0.650. The van der Waals surface area contributed by atoms with E-state index in [9.17, 15) is 9.59 Å². The van der Waals surface area contributed by atoms with Gasteiger partial charge in [-0.05, 0) is 43.7 Å². The van der Waals surface area contributed by atoms with Crippen LogP contribution in [0.5, 0.6) is 0 Å². The second-order valence-corrected chi connectivity index (χ2v) is 7.70. The lowest BCUT2D eigenvalue weighted by Gasteiger charge is -2.44. The Morgan fingerprint density at radius 3 is 2.89 bits per heavy atom. The van der Waals surface area contributed by atoms with Gasteiger partial charge in [0.05, 0.1) is 18.7 Å². The Morgan fingerprint density at radius 1 is 1.22 bits per heavy atom. The molecule has 1 saturated carbocycles. The Hall–Kier alpha value is -2.15. The van der Waals surface area contributed by atoms with Crippen molar-refractivity contribution in [1.82, 2.24) is 19.0 Å². The van der Waals surface area contributed by atoms with Gasteiger partial charge in [0.1, 0.15) is 6.54 Å². The van der Waals surface area contributed by atoms with Gasteiger partial charge in [-0.25, -0.2) is 9.78 Å². The van der Waals surface area contributed by atoms with Crippen LogP contribution in [0, 0.1) is 5.92 Å². The van der Waals surface area contributed by atoms with E-state index in [4.69, 9.17) is 4.74 Å². The van der Waals surface area contributed by atoms with Gasteiger partial charge in [-0.1, -0.05) is 12.8 Å². The minimum atomic E-state index is -0.189. The van der Waals surface area contributed by atoms with Crippen molar-refractivity contribution in [3.05, 3.63) is 28.8 Å². The average Bonchev–Trinajstić information content (AvgIpc) is 2.97. The minimum absolute atomic E-state index is 0.0587. The molecular formula is C20H28N4O3. The smallest absolute Gasteiger partial charge is 0.330 e. The second kappa shape index (κ2) is 7.84. The van der Waals surface area contributed by atoms with Gasteiger partial charge < -0.3 is 9.64 Å². The van der Waals surface area contributed by atoms with Crippen molar-refractivity contribution in [2.75, 3.05) is 20.3 Å². The predicted molar refractivity (Wildman–Crippen MR) is 103 cm³/mol. The molecule has 1 saturated heterocycles. The molecule has 1 aliphatic carbocycles. The van der Waals surface area contributed by atoms with Crippen molar-refractivity contribution in [2.45, 2.75) is 57.7 Å². The highest BCUT2D eigenvalue weighted by Crippen LogP contribution is 2.35. The van der Waals surface area contributed by atoms with Crippen LogP contribution in [0.4, 0.5) is 0 Å². The summed E-state index contributed by atoms with van der Waals surface area (Å²) in [6.45, 7) is 1.76. The Labute approximate surface area is 158 Å². The molecule has 0 radical (unpaired) electrons. The molecule has 4 rings (SSSR count). The van der Waals surface area contributed by atoms with Crippen LogP contribution in [-0.2, 0) is 22.6 Å². The van der Waals surface area contributed by atoms with Crippen LogP contribution in [0.1, 0.15) is 38.5 Å². The normalized spacial score (nSPS) is 22.8. The number of ether oxygens (including phenoxy) is 1. The second-order valence-electron chi connectivity index (χ2n) is 7.70. The Kier molecular flexibility index (Phi) is 5.29. The molecule has 2 aromatic rings. The number of methoxy groups -OCH3 is 1. The fourth-order valence-corrected chi connectivity index (χ4v) is 4.84. The number of rotatable bonds is 5. The quantitative estimate of drug-likeness (QED) is 0.805. The van der Waals surface area contributed by atoms with E-state index >= 15 is 0 Å². The lowest BCUT2D eigenvalue weighted by Crippen LogP contribution is -2.51. The van der Waals surface area contributed by atoms with Gasteiger partial charge in [-0.3, -0.25) is 13.9 Å². The predicted octanol–water partition coefficient (Wildman–Crippen LogP) is 2.03. The van der Waals surface area contributed by atoms with Gasteiger partial charge in [-0.2, -0.15) is 0 Å². The summed E-state index contributed by atoms with van der Waals surface area (Å²) in [6, 6.07) is 4.03. The van der Waals surface area contributed by atoms with Crippen molar-refractivity contribution >= 4 is 17.1 Å². The van der Waals surface area contributed by atoms with E-state index < -0.39 is 0 Å². The summed E-state index contributed by atoms with van der Waals surface area (Å²) in [4.78, 5) is 32.5. The van der Waals surface area contributed by atoms with Crippen LogP contribution in [0.2, 0.25) is 0 Å². The molecule has 2 fully saturated rings. The van der Waals surface area contributed by atoms with Crippen LogP contribution in [0.3, 0.4) is 0 Å². The highest BCUT2D eigenvalue weighted by Gasteiger charge is 2.35. The molecule has 0 bridgehead atoms. The van der Waals surface area contributed by atoms with Crippen molar-refractivity contribution < 1.29 is 9.53 Å². The molecule has 7 nitrogen and oxygen atoms in total. The van der Waals surface area contributed by atoms with E-state index in [1.165, 1.54) is 25.7 Å². The summed E-state index contributed by atoms with van der Waals surface area (Å²) in [5, 5.41) is 0. The third-order valence-corrected chi connectivity index (χ3v) is 6.15. The maximum absolute atomic E-state index is 13.2. The molecule has 2 aliphatic rings. The molecule has 0 aromatic carbocycles. The van der Waals surface area contributed by atoms with E-state index in [1.807, 2.05) is 12.1 Å². The number of piperidine rings is 1. The zero-order chi connectivity index (χ0) is 18.8. The summed E-state index contributed by atoms with van der Waals surface area (Å²) >= 11 is 0. The summed E-state index contributed by atoms with van der Waals surface area (Å²) < 4.78 is 8.30. The lowest BCUT2D eigenvalue weighted by molar-refractivity contribution is -0.138. The van der Waals surface area contributed by atoms with Gasteiger partial charge in [0.15, 0.2) is 5.65 Å². The van der Waals surface area contributed by atoms with Gasteiger partial charge in [-0.15, -0.1) is 0 Å². The van der Waals surface area contributed by atoms with E-state index in [1.54, 1.807) is 22.4 Å². The number of pyridine rings is 1. The number of hydrogen-bond donors (Lipinski definition) is 0. The largest absolute Gasteiger partial charge is 0.383 e. The minimum Gasteiger partial charge on any atom is -0.383 e. The topological polar surface area (TPSA) is 69.4 Å². The van der Waals surface area contributed by atoms with E-state index in [0.29, 0.717) is 36.3 Å². The van der Waals surface area contributed by atoms with Crippen LogP contribution in [0.25, 0.3) is 11.2 Å². The van der Waals surface area contributed by atoms with Crippen LogP contribution in [-0.4, -0.2) is 51.2 Å².